The second kappa shape index (κ2) is 6.25. The number of anilines is 1. The maximum absolute atomic E-state index is 5.03. The summed E-state index contributed by atoms with van der Waals surface area (Å²) in [7, 11) is 0. The van der Waals surface area contributed by atoms with Crippen LogP contribution in [0, 0.1) is 5.92 Å². The fourth-order valence-electron chi connectivity index (χ4n) is 3.03. The van der Waals surface area contributed by atoms with Crippen molar-refractivity contribution >= 4 is 16.5 Å². The standard InChI is InChI=1S/C17H31N3S/c1-11(2)18-9-14-15(17(5,6)7)19-16(21-14)20-10-12(3)8-13(20)4/h11-13,18H,8-10H2,1-7H3. The van der Waals surface area contributed by atoms with Crippen molar-refractivity contribution < 1.29 is 0 Å². The summed E-state index contributed by atoms with van der Waals surface area (Å²) in [5.41, 5.74) is 1.37. The summed E-state index contributed by atoms with van der Waals surface area (Å²) in [6.45, 7) is 17.9. The summed E-state index contributed by atoms with van der Waals surface area (Å²) in [6, 6.07) is 1.12. The van der Waals surface area contributed by atoms with Gasteiger partial charge in [-0.25, -0.2) is 4.98 Å². The number of nitrogens with zero attached hydrogens (tertiary/aromatic N) is 2. The highest BCUT2D eigenvalue weighted by molar-refractivity contribution is 7.15. The predicted molar refractivity (Wildman–Crippen MR) is 93.4 cm³/mol. The first kappa shape index (κ1) is 16.8. The number of hydrogen-bond donors (Lipinski definition) is 1. The molecule has 1 aliphatic heterocycles. The molecule has 1 aromatic heterocycles. The molecule has 0 radical (unpaired) electrons. The van der Waals surface area contributed by atoms with Crippen LogP contribution in [0.4, 0.5) is 5.13 Å². The van der Waals surface area contributed by atoms with Crippen molar-refractivity contribution in [1.82, 2.24) is 10.3 Å². The summed E-state index contributed by atoms with van der Waals surface area (Å²) >= 11 is 1.88. The Morgan fingerprint density at radius 2 is 2.00 bits per heavy atom. The maximum Gasteiger partial charge on any atom is 0.186 e. The average Bonchev–Trinajstić information content (AvgIpc) is 2.89. The van der Waals surface area contributed by atoms with Crippen molar-refractivity contribution in [2.45, 2.75) is 78.9 Å². The maximum atomic E-state index is 5.03. The van der Waals surface area contributed by atoms with E-state index < -0.39 is 0 Å². The summed E-state index contributed by atoms with van der Waals surface area (Å²) in [5.74, 6) is 0.777. The molecule has 2 rings (SSSR count). The number of hydrogen-bond acceptors (Lipinski definition) is 4. The third-order valence-corrected chi connectivity index (χ3v) is 5.19. The lowest BCUT2D eigenvalue weighted by molar-refractivity contribution is 0.545. The number of rotatable bonds is 4. The average molecular weight is 310 g/mol. The van der Waals surface area contributed by atoms with Gasteiger partial charge in [-0.1, -0.05) is 41.5 Å². The van der Waals surface area contributed by atoms with Gasteiger partial charge in [-0.05, 0) is 19.3 Å². The van der Waals surface area contributed by atoms with Crippen LogP contribution in [0.1, 0.15) is 65.5 Å². The van der Waals surface area contributed by atoms with Gasteiger partial charge < -0.3 is 10.2 Å². The van der Waals surface area contributed by atoms with Crippen molar-refractivity contribution in [3.05, 3.63) is 10.6 Å². The van der Waals surface area contributed by atoms with E-state index >= 15 is 0 Å². The Balaban J connectivity index is 2.27. The SMILES string of the molecule is CC1CC(C)N(c2nc(C(C)(C)C)c(CNC(C)C)s2)C1. The van der Waals surface area contributed by atoms with Gasteiger partial charge in [0.05, 0.1) is 5.69 Å². The molecule has 0 spiro atoms. The predicted octanol–water partition coefficient (Wildman–Crippen LogP) is 4.17. The Bertz CT molecular complexity index is 473. The van der Waals surface area contributed by atoms with Crippen molar-refractivity contribution in [2.75, 3.05) is 11.4 Å². The zero-order chi connectivity index (χ0) is 15.8. The van der Waals surface area contributed by atoms with E-state index in [4.69, 9.17) is 4.98 Å². The molecule has 3 nitrogen and oxygen atoms in total. The third-order valence-electron chi connectivity index (χ3n) is 4.10. The molecule has 2 heterocycles. The topological polar surface area (TPSA) is 28.2 Å². The normalized spacial score (nSPS) is 23.3. The van der Waals surface area contributed by atoms with Gasteiger partial charge in [0.25, 0.3) is 0 Å². The molecular formula is C17H31N3S. The molecule has 2 unspecified atom stereocenters. The number of thiazole rings is 1. The highest BCUT2D eigenvalue weighted by Gasteiger charge is 2.31. The third kappa shape index (κ3) is 3.98. The minimum Gasteiger partial charge on any atom is -0.345 e. The van der Waals surface area contributed by atoms with Gasteiger partial charge >= 0.3 is 0 Å². The smallest absolute Gasteiger partial charge is 0.186 e. The van der Waals surface area contributed by atoms with Crippen molar-refractivity contribution in [1.29, 1.82) is 0 Å². The molecule has 1 saturated heterocycles. The van der Waals surface area contributed by atoms with Crippen LogP contribution in [0.5, 0.6) is 0 Å². The minimum atomic E-state index is 0.108. The lowest BCUT2D eigenvalue weighted by Gasteiger charge is -2.21. The van der Waals surface area contributed by atoms with Crippen LogP contribution in [0.2, 0.25) is 0 Å². The molecule has 1 aliphatic rings. The monoisotopic (exact) mass is 309 g/mol. The molecule has 21 heavy (non-hydrogen) atoms. The molecule has 0 bridgehead atoms. The van der Waals surface area contributed by atoms with Gasteiger partial charge in [0.15, 0.2) is 5.13 Å². The van der Waals surface area contributed by atoms with Crippen LogP contribution < -0.4 is 10.2 Å². The highest BCUT2D eigenvalue weighted by atomic mass is 32.1. The quantitative estimate of drug-likeness (QED) is 0.904. The Labute approximate surface area is 134 Å². The Morgan fingerprint density at radius 3 is 2.48 bits per heavy atom. The van der Waals surface area contributed by atoms with Gasteiger partial charge in [0.2, 0.25) is 0 Å². The fraction of sp³-hybridized carbons (Fsp3) is 0.824. The summed E-state index contributed by atoms with van der Waals surface area (Å²) in [6.07, 6.45) is 1.28. The van der Waals surface area contributed by atoms with Gasteiger partial charge in [-0.2, -0.15) is 0 Å². The highest BCUT2D eigenvalue weighted by Crippen LogP contribution is 2.37. The second-order valence-electron chi connectivity index (χ2n) is 7.90. The van der Waals surface area contributed by atoms with E-state index in [0.717, 1.165) is 19.0 Å². The first-order valence-electron chi connectivity index (χ1n) is 8.18. The molecule has 4 heteroatoms. The van der Waals surface area contributed by atoms with Crippen LogP contribution in [-0.2, 0) is 12.0 Å². The van der Waals surface area contributed by atoms with Crippen LogP contribution in [0.15, 0.2) is 0 Å². The van der Waals surface area contributed by atoms with Gasteiger partial charge in [-0.15, -0.1) is 11.3 Å². The zero-order valence-electron chi connectivity index (χ0n) is 14.7. The Hall–Kier alpha value is -0.610. The van der Waals surface area contributed by atoms with Crippen LogP contribution >= 0.6 is 11.3 Å². The molecule has 0 aromatic carbocycles. The lowest BCUT2D eigenvalue weighted by atomic mass is 9.91. The van der Waals surface area contributed by atoms with E-state index in [-0.39, 0.29) is 5.41 Å². The number of aromatic nitrogens is 1. The second-order valence-corrected chi connectivity index (χ2v) is 8.96. The first-order valence-corrected chi connectivity index (χ1v) is 9.00. The zero-order valence-corrected chi connectivity index (χ0v) is 15.5. The van der Waals surface area contributed by atoms with Crippen molar-refractivity contribution in [3.63, 3.8) is 0 Å². The molecule has 2 atom stereocenters. The van der Waals surface area contributed by atoms with E-state index in [2.05, 4.69) is 58.7 Å². The molecule has 1 N–H and O–H groups in total. The van der Waals surface area contributed by atoms with Crippen LogP contribution in [-0.4, -0.2) is 23.6 Å². The van der Waals surface area contributed by atoms with Crippen LogP contribution in [0.25, 0.3) is 0 Å². The van der Waals surface area contributed by atoms with E-state index in [1.807, 2.05) is 11.3 Å². The van der Waals surface area contributed by atoms with Gasteiger partial charge in [0, 0.05) is 35.5 Å². The molecule has 120 valence electrons. The van der Waals surface area contributed by atoms with Crippen molar-refractivity contribution in [2.24, 2.45) is 5.92 Å². The van der Waals surface area contributed by atoms with E-state index in [9.17, 15) is 0 Å². The molecular weight excluding hydrogens is 278 g/mol. The van der Waals surface area contributed by atoms with E-state index in [0.29, 0.717) is 12.1 Å². The van der Waals surface area contributed by atoms with Gasteiger partial charge in [0.1, 0.15) is 0 Å². The molecule has 1 fully saturated rings. The molecule has 0 aliphatic carbocycles. The number of nitrogens with one attached hydrogen (secondary N) is 1. The van der Waals surface area contributed by atoms with E-state index in [1.165, 1.54) is 22.1 Å². The van der Waals surface area contributed by atoms with Crippen molar-refractivity contribution in [3.8, 4) is 0 Å². The fourth-order valence-corrected chi connectivity index (χ4v) is 4.36. The summed E-state index contributed by atoms with van der Waals surface area (Å²) in [5, 5.41) is 4.77. The largest absolute Gasteiger partial charge is 0.345 e. The molecule has 1 aromatic rings. The Kier molecular flexibility index (Phi) is 4.99. The lowest BCUT2D eigenvalue weighted by Crippen LogP contribution is -2.26. The summed E-state index contributed by atoms with van der Waals surface area (Å²) in [4.78, 5) is 8.94. The first-order chi connectivity index (χ1) is 9.68. The molecule has 0 amide bonds. The van der Waals surface area contributed by atoms with E-state index in [1.54, 1.807) is 0 Å². The summed E-state index contributed by atoms with van der Waals surface area (Å²) < 4.78 is 0. The molecule has 0 saturated carbocycles. The minimum absolute atomic E-state index is 0.108. The van der Waals surface area contributed by atoms with Gasteiger partial charge in [-0.3, -0.25) is 0 Å². The van der Waals surface area contributed by atoms with Crippen LogP contribution in [0.3, 0.4) is 0 Å². The Morgan fingerprint density at radius 1 is 1.33 bits per heavy atom.